The SMILES string of the molecule is O=C(O)C[C@@H]1CN(C(=O)/C=C\c2ccc(Cl)s2)CCO1. The zero-order valence-electron chi connectivity index (χ0n) is 10.6. The van der Waals surface area contributed by atoms with E-state index in [4.69, 9.17) is 21.4 Å². The zero-order valence-corrected chi connectivity index (χ0v) is 12.2. The van der Waals surface area contributed by atoms with Crippen LogP contribution in [0, 0.1) is 0 Å². The van der Waals surface area contributed by atoms with E-state index in [0.29, 0.717) is 24.0 Å². The van der Waals surface area contributed by atoms with Crippen LogP contribution in [0.4, 0.5) is 0 Å². The monoisotopic (exact) mass is 315 g/mol. The van der Waals surface area contributed by atoms with E-state index in [1.807, 2.05) is 6.07 Å². The second-order valence-electron chi connectivity index (χ2n) is 4.35. The highest BCUT2D eigenvalue weighted by atomic mass is 35.5. The highest BCUT2D eigenvalue weighted by Crippen LogP contribution is 2.22. The summed E-state index contributed by atoms with van der Waals surface area (Å²) in [6.07, 6.45) is 2.66. The Hall–Kier alpha value is -1.37. The summed E-state index contributed by atoms with van der Waals surface area (Å²) in [6, 6.07) is 3.61. The Morgan fingerprint density at radius 2 is 2.35 bits per heavy atom. The summed E-state index contributed by atoms with van der Waals surface area (Å²) in [7, 11) is 0. The van der Waals surface area contributed by atoms with Crippen LogP contribution in [0.3, 0.4) is 0 Å². The molecule has 1 amide bonds. The van der Waals surface area contributed by atoms with Gasteiger partial charge < -0.3 is 14.7 Å². The Balaban J connectivity index is 1.91. The molecule has 0 aliphatic carbocycles. The van der Waals surface area contributed by atoms with Crippen LogP contribution in [0.2, 0.25) is 4.34 Å². The predicted octanol–water partition coefficient (Wildman–Crippen LogP) is 2.12. The molecule has 1 aliphatic heterocycles. The molecule has 1 N–H and O–H groups in total. The van der Waals surface area contributed by atoms with Gasteiger partial charge >= 0.3 is 5.97 Å². The van der Waals surface area contributed by atoms with Crippen molar-refractivity contribution in [3.05, 3.63) is 27.4 Å². The van der Waals surface area contributed by atoms with Gasteiger partial charge in [-0.1, -0.05) is 11.6 Å². The minimum atomic E-state index is -0.923. The van der Waals surface area contributed by atoms with Crippen molar-refractivity contribution in [2.45, 2.75) is 12.5 Å². The Morgan fingerprint density at radius 1 is 1.55 bits per heavy atom. The molecule has 1 aromatic heterocycles. The number of amides is 1. The van der Waals surface area contributed by atoms with Crippen LogP contribution < -0.4 is 0 Å². The van der Waals surface area contributed by atoms with E-state index in [9.17, 15) is 9.59 Å². The number of carbonyl (C=O) groups is 2. The quantitative estimate of drug-likeness (QED) is 0.864. The van der Waals surface area contributed by atoms with Crippen molar-refractivity contribution >= 4 is 40.9 Å². The topological polar surface area (TPSA) is 66.8 Å². The summed E-state index contributed by atoms with van der Waals surface area (Å²) in [5, 5.41) is 8.74. The first kappa shape index (κ1) is 15.0. The fourth-order valence-electron chi connectivity index (χ4n) is 1.91. The Labute approximate surface area is 125 Å². The summed E-state index contributed by atoms with van der Waals surface area (Å²) in [4.78, 5) is 25.2. The Bertz CT molecular complexity index is 528. The van der Waals surface area contributed by atoms with Crippen LogP contribution >= 0.6 is 22.9 Å². The molecule has 1 atom stereocenters. The highest BCUT2D eigenvalue weighted by molar-refractivity contribution is 7.17. The van der Waals surface area contributed by atoms with Crippen LogP contribution in [-0.2, 0) is 14.3 Å². The van der Waals surface area contributed by atoms with Gasteiger partial charge in [-0.25, -0.2) is 0 Å². The maximum atomic E-state index is 12.0. The fourth-order valence-corrected chi connectivity index (χ4v) is 2.88. The van der Waals surface area contributed by atoms with E-state index in [0.717, 1.165) is 4.88 Å². The lowest BCUT2D eigenvalue weighted by Gasteiger charge is -2.31. The van der Waals surface area contributed by atoms with Gasteiger partial charge in [-0.05, 0) is 18.2 Å². The van der Waals surface area contributed by atoms with E-state index in [1.54, 1.807) is 17.0 Å². The maximum absolute atomic E-state index is 12.0. The van der Waals surface area contributed by atoms with Gasteiger partial charge in [0.05, 0.1) is 23.5 Å². The second-order valence-corrected chi connectivity index (χ2v) is 6.10. The molecule has 1 aliphatic rings. The van der Waals surface area contributed by atoms with Crippen molar-refractivity contribution in [1.82, 2.24) is 4.90 Å². The summed E-state index contributed by atoms with van der Waals surface area (Å²) in [5.74, 6) is -1.07. The van der Waals surface area contributed by atoms with Crippen LogP contribution in [0.5, 0.6) is 0 Å². The van der Waals surface area contributed by atoms with Crippen LogP contribution in [0.25, 0.3) is 6.08 Å². The summed E-state index contributed by atoms with van der Waals surface area (Å²) in [5.41, 5.74) is 0. The molecule has 1 aromatic rings. The molecule has 0 saturated carbocycles. The maximum Gasteiger partial charge on any atom is 0.306 e. The zero-order chi connectivity index (χ0) is 14.5. The molecule has 2 rings (SSSR count). The number of nitrogens with zero attached hydrogens (tertiary/aromatic N) is 1. The van der Waals surface area contributed by atoms with E-state index in [2.05, 4.69) is 0 Å². The largest absolute Gasteiger partial charge is 0.481 e. The number of rotatable bonds is 4. The van der Waals surface area contributed by atoms with Crippen molar-refractivity contribution in [2.24, 2.45) is 0 Å². The first-order valence-corrected chi connectivity index (χ1v) is 7.30. The van der Waals surface area contributed by atoms with Gasteiger partial charge in [0.15, 0.2) is 0 Å². The number of hydrogen-bond donors (Lipinski definition) is 1. The van der Waals surface area contributed by atoms with Crippen molar-refractivity contribution in [1.29, 1.82) is 0 Å². The van der Waals surface area contributed by atoms with Gasteiger partial charge in [-0.2, -0.15) is 0 Å². The molecule has 0 unspecified atom stereocenters. The average molecular weight is 316 g/mol. The molecular formula is C13H14ClNO4S. The third kappa shape index (κ3) is 4.33. The fraction of sp³-hybridized carbons (Fsp3) is 0.385. The van der Waals surface area contributed by atoms with Crippen molar-refractivity contribution in [3.63, 3.8) is 0 Å². The number of halogens is 1. The third-order valence-electron chi connectivity index (χ3n) is 2.84. The van der Waals surface area contributed by atoms with E-state index in [-0.39, 0.29) is 12.3 Å². The molecule has 0 aromatic carbocycles. The van der Waals surface area contributed by atoms with Crippen LogP contribution in [0.1, 0.15) is 11.3 Å². The number of carbonyl (C=O) groups excluding carboxylic acids is 1. The predicted molar refractivity (Wildman–Crippen MR) is 76.9 cm³/mol. The molecule has 1 saturated heterocycles. The number of carboxylic acid groups (broad SMARTS) is 1. The second kappa shape index (κ2) is 6.88. The number of thiophene rings is 1. The standard InChI is InChI=1S/C13H14ClNO4S/c14-11-3-1-10(20-11)2-4-12(16)15-5-6-19-9(8-15)7-13(17)18/h1-4,9H,5-8H2,(H,17,18)/b4-2-/t9-/m1/s1. The van der Waals surface area contributed by atoms with E-state index >= 15 is 0 Å². The molecule has 0 spiro atoms. The minimum absolute atomic E-state index is 0.0893. The number of morpholine rings is 1. The number of aliphatic carboxylic acids is 1. The lowest BCUT2D eigenvalue weighted by atomic mass is 10.2. The summed E-state index contributed by atoms with van der Waals surface area (Å²) < 4.78 is 5.99. The first-order chi connectivity index (χ1) is 9.54. The van der Waals surface area contributed by atoms with Gasteiger partial charge in [-0.15, -0.1) is 11.3 Å². The van der Waals surface area contributed by atoms with Gasteiger partial charge in [-0.3, -0.25) is 9.59 Å². The van der Waals surface area contributed by atoms with Crippen molar-refractivity contribution in [3.8, 4) is 0 Å². The van der Waals surface area contributed by atoms with Crippen molar-refractivity contribution < 1.29 is 19.4 Å². The molecule has 7 heteroatoms. The van der Waals surface area contributed by atoms with Gasteiger partial charge in [0.1, 0.15) is 0 Å². The highest BCUT2D eigenvalue weighted by Gasteiger charge is 2.24. The molecule has 5 nitrogen and oxygen atoms in total. The molecule has 1 fully saturated rings. The smallest absolute Gasteiger partial charge is 0.306 e. The molecule has 2 heterocycles. The molecule has 0 bridgehead atoms. The van der Waals surface area contributed by atoms with E-state index in [1.165, 1.54) is 17.4 Å². The average Bonchev–Trinajstić information content (AvgIpc) is 2.81. The third-order valence-corrected chi connectivity index (χ3v) is 4.03. The van der Waals surface area contributed by atoms with Crippen LogP contribution in [0.15, 0.2) is 18.2 Å². The number of carboxylic acids is 1. The molecular weight excluding hydrogens is 302 g/mol. The normalized spacial score (nSPS) is 19.4. The Morgan fingerprint density at radius 3 is 3.00 bits per heavy atom. The Kier molecular flexibility index (Phi) is 5.17. The lowest BCUT2D eigenvalue weighted by Crippen LogP contribution is -2.45. The molecule has 0 radical (unpaired) electrons. The van der Waals surface area contributed by atoms with Crippen molar-refractivity contribution in [2.75, 3.05) is 19.7 Å². The van der Waals surface area contributed by atoms with Gasteiger partial charge in [0.2, 0.25) is 5.91 Å². The summed E-state index contributed by atoms with van der Waals surface area (Å²) >= 11 is 7.20. The lowest BCUT2D eigenvalue weighted by molar-refractivity contribution is -0.145. The minimum Gasteiger partial charge on any atom is -0.481 e. The molecule has 108 valence electrons. The first-order valence-electron chi connectivity index (χ1n) is 6.10. The molecule has 20 heavy (non-hydrogen) atoms. The van der Waals surface area contributed by atoms with E-state index < -0.39 is 12.1 Å². The number of hydrogen-bond acceptors (Lipinski definition) is 4. The van der Waals surface area contributed by atoms with Gasteiger partial charge in [0, 0.05) is 24.0 Å². The van der Waals surface area contributed by atoms with Crippen LogP contribution in [-0.4, -0.2) is 47.7 Å². The number of ether oxygens (including phenoxy) is 1. The van der Waals surface area contributed by atoms with Gasteiger partial charge in [0.25, 0.3) is 0 Å². The summed E-state index contributed by atoms with van der Waals surface area (Å²) in [6.45, 7) is 1.15.